The van der Waals surface area contributed by atoms with Gasteiger partial charge >= 0.3 is 5.97 Å². The van der Waals surface area contributed by atoms with Crippen molar-refractivity contribution < 1.29 is 19.4 Å². The topological polar surface area (TPSA) is 99.6 Å². The first-order chi connectivity index (χ1) is 13.3. The summed E-state index contributed by atoms with van der Waals surface area (Å²) in [6, 6.07) is 7.27. The van der Waals surface area contributed by atoms with Gasteiger partial charge in [0.2, 0.25) is 0 Å². The molecule has 2 aromatic rings. The third-order valence-electron chi connectivity index (χ3n) is 4.32. The Morgan fingerprint density at radius 3 is 2.68 bits per heavy atom. The second kappa shape index (κ2) is 9.52. The van der Waals surface area contributed by atoms with Crippen molar-refractivity contribution in [1.82, 2.24) is 9.55 Å². The maximum Gasteiger partial charge on any atom is 0.358 e. The first kappa shape index (κ1) is 21.7. The quantitative estimate of drug-likeness (QED) is 0.507. The van der Waals surface area contributed by atoms with E-state index in [1.165, 1.54) is 6.33 Å². The molecule has 0 amide bonds. The van der Waals surface area contributed by atoms with Gasteiger partial charge in [-0.3, -0.25) is 5.73 Å². The number of ether oxygens (including phenoxy) is 2. The van der Waals surface area contributed by atoms with E-state index in [1.54, 1.807) is 24.5 Å². The number of imidazole rings is 1. The van der Waals surface area contributed by atoms with Crippen molar-refractivity contribution in [2.24, 2.45) is 11.7 Å². The van der Waals surface area contributed by atoms with Crippen molar-refractivity contribution in [2.75, 3.05) is 6.61 Å². The number of rotatable bonds is 9. The Morgan fingerprint density at radius 2 is 2.04 bits per heavy atom. The predicted octanol–water partition coefficient (Wildman–Crippen LogP) is 2.96. The lowest BCUT2D eigenvalue weighted by Crippen LogP contribution is -2.40. The smallest absolute Gasteiger partial charge is 0.358 e. The number of nitrogens with two attached hydrogens (primary N) is 1. The normalized spacial score (nSPS) is 13.2. The number of nitrogens with zero attached hydrogens (tertiary/aromatic N) is 2. The van der Waals surface area contributed by atoms with Gasteiger partial charge in [-0.05, 0) is 38.3 Å². The lowest BCUT2D eigenvalue weighted by atomic mass is 10.1. The van der Waals surface area contributed by atoms with Crippen LogP contribution in [-0.4, -0.2) is 39.6 Å². The Bertz CT molecular complexity index is 829. The molecule has 1 heterocycles. The highest BCUT2D eigenvalue weighted by molar-refractivity contribution is 5.89. The monoisotopic (exact) mass is 387 g/mol. The summed E-state index contributed by atoms with van der Waals surface area (Å²) in [5.41, 5.74) is 8.14. The minimum absolute atomic E-state index is 0.241. The number of aromatic nitrogens is 2. The van der Waals surface area contributed by atoms with E-state index in [2.05, 4.69) is 11.6 Å². The number of hydrogen-bond donors (Lipinski definition) is 2. The molecule has 2 rings (SSSR count). The zero-order valence-corrected chi connectivity index (χ0v) is 16.9. The van der Waals surface area contributed by atoms with E-state index in [0.717, 1.165) is 0 Å². The van der Waals surface area contributed by atoms with E-state index in [4.69, 9.17) is 15.2 Å². The minimum atomic E-state index is -0.865. The molecule has 0 radical (unpaired) electrons. The average Bonchev–Trinajstić information content (AvgIpc) is 3.02. The Hall–Kier alpha value is -2.64. The van der Waals surface area contributed by atoms with Gasteiger partial charge in [0.25, 0.3) is 0 Å². The van der Waals surface area contributed by atoms with Gasteiger partial charge in [-0.25, -0.2) is 9.78 Å². The van der Waals surface area contributed by atoms with Gasteiger partial charge in [-0.2, -0.15) is 0 Å². The van der Waals surface area contributed by atoms with Crippen LogP contribution < -0.4 is 10.5 Å². The maximum atomic E-state index is 12.0. The number of esters is 1. The molecule has 0 aliphatic carbocycles. The van der Waals surface area contributed by atoms with Crippen LogP contribution in [0.4, 0.5) is 0 Å². The molecule has 7 heteroatoms. The molecule has 2 atom stereocenters. The average molecular weight is 387 g/mol. The fourth-order valence-corrected chi connectivity index (χ4v) is 2.86. The van der Waals surface area contributed by atoms with Crippen LogP contribution in [0, 0.1) is 12.8 Å². The first-order valence-corrected chi connectivity index (χ1v) is 9.36. The first-order valence-electron chi connectivity index (χ1n) is 9.36. The molecular formula is C21H29N3O4. The molecule has 0 spiro atoms. The molecule has 152 valence electrons. The summed E-state index contributed by atoms with van der Waals surface area (Å²) in [7, 11) is 0. The van der Waals surface area contributed by atoms with Crippen molar-refractivity contribution in [3.05, 3.63) is 54.1 Å². The molecular weight excluding hydrogens is 358 g/mol. The fourth-order valence-electron chi connectivity index (χ4n) is 2.86. The molecule has 1 aromatic heterocycles. The van der Waals surface area contributed by atoms with Gasteiger partial charge in [0, 0.05) is 5.56 Å². The second-order valence-electron chi connectivity index (χ2n) is 6.99. The van der Waals surface area contributed by atoms with Crippen LogP contribution in [0.15, 0.2) is 37.2 Å². The third kappa shape index (κ3) is 4.99. The molecule has 28 heavy (non-hydrogen) atoms. The van der Waals surface area contributed by atoms with E-state index in [1.807, 2.05) is 32.0 Å². The summed E-state index contributed by atoms with van der Waals surface area (Å²) in [4.78, 5) is 16.2. The Morgan fingerprint density at radius 1 is 1.36 bits per heavy atom. The van der Waals surface area contributed by atoms with Crippen LogP contribution in [0.1, 0.15) is 48.9 Å². The number of benzene rings is 1. The Balaban J connectivity index is 2.27. The summed E-state index contributed by atoms with van der Waals surface area (Å²) in [6.07, 6.45) is 0.407. The summed E-state index contributed by atoms with van der Waals surface area (Å²) in [6.45, 7) is 11.9. The Kier molecular flexibility index (Phi) is 7.37. The highest BCUT2D eigenvalue weighted by Crippen LogP contribution is 2.28. The van der Waals surface area contributed by atoms with Gasteiger partial charge in [0.15, 0.2) is 11.9 Å². The van der Waals surface area contributed by atoms with Crippen LogP contribution in [0.2, 0.25) is 0 Å². The summed E-state index contributed by atoms with van der Waals surface area (Å²) < 4.78 is 12.6. The molecule has 3 N–H and O–H groups in total. The van der Waals surface area contributed by atoms with Crippen molar-refractivity contribution in [2.45, 2.75) is 46.4 Å². The highest BCUT2D eigenvalue weighted by Gasteiger charge is 2.22. The lowest BCUT2D eigenvalue weighted by molar-refractivity contribution is 0.0267. The van der Waals surface area contributed by atoms with E-state index >= 15 is 0 Å². The van der Waals surface area contributed by atoms with Crippen LogP contribution in [0.25, 0.3) is 5.70 Å². The molecule has 0 saturated carbocycles. The number of hydrogen-bond acceptors (Lipinski definition) is 6. The van der Waals surface area contributed by atoms with E-state index < -0.39 is 18.3 Å². The molecule has 0 fully saturated rings. The summed E-state index contributed by atoms with van der Waals surface area (Å²) >= 11 is 0. The summed E-state index contributed by atoms with van der Waals surface area (Å²) in [5.74, 6) is 0.313. The second-order valence-corrected chi connectivity index (χ2v) is 6.99. The zero-order chi connectivity index (χ0) is 20.8. The molecule has 0 aliphatic rings. The number of para-hydroxylation sites is 1. The van der Waals surface area contributed by atoms with Gasteiger partial charge in [0.05, 0.1) is 18.0 Å². The van der Waals surface area contributed by atoms with Crippen LogP contribution in [0.5, 0.6) is 5.75 Å². The maximum absolute atomic E-state index is 12.0. The molecule has 0 bridgehead atoms. The molecule has 1 aromatic carbocycles. The molecule has 0 aliphatic heterocycles. The van der Waals surface area contributed by atoms with Crippen LogP contribution in [0.3, 0.4) is 0 Å². The van der Waals surface area contributed by atoms with E-state index in [9.17, 15) is 9.90 Å². The Labute approximate surface area is 165 Å². The molecule has 7 nitrogen and oxygen atoms in total. The minimum Gasteiger partial charge on any atom is -0.472 e. The van der Waals surface area contributed by atoms with Crippen LogP contribution in [-0.2, 0) is 4.74 Å². The van der Waals surface area contributed by atoms with Crippen molar-refractivity contribution in [3.63, 3.8) is 0 Å². The number of carbonyl (C=O) groups is 1. The third-order valence-corrected chi connectivity index (χ3v) is 4.32. The number of aliphatic hydroxyl groups is 1. The van der Waals surface area contributed by atoms with Gasteiger partial charge < -0.3 is 19.1 Å². The van der Waals surface area contributed by atoms with Gasteiger partial charge in [0.1, 0.15) is 18.2 Å². The zero-order valence-electron chi connectivity index (χ0n) is 16.9. The summed E-state index contributed by atoms with van der Waals surface area (Å²) in [5, 5.41) is 10.2. The fraction of sp³-hybridized carbons (Fsp3) is 0.429. The standard InChI is InChI=1S/C21H29N3O4/c1-6-27-21(26)19-15(5)24(12-23-19)14(4)16-9-7-8-10-18(16)28-20(22)17(25)11-13(2)3/h7-10,12-13,17,20,25H,4,6,11,22H2,1-3,5H3. The molecule has 2 unspecified atom stereocenters. The number of aliphatic hydroxyl groups excluding tert-OH is 1. The van der Waals surface area contributed by atoms with Gasteiger partial charge in [-0.1, -0.05) is 32.6 Å². The van der Waals surface area contributed by atoms with Crippen LogP contribution >= 0.6 is 0 Å². The highest BCUT2D eigenvalue weighted by atomic mass is 16.5. The van der Waals surface area contributed by atoms with Gasteiger partial charge in [-0.15, -0.1) is 0 Å². The van der Waals surface area contributed by atoms with Crippen molar-refractivity contribution in [3.8, 4) is 5.75 Å². The predicted molar refractivity (Wildman–Crippen MR) is 108 cm³/mol. The van der Waals surface area contributed by atoms with E-state index in [0.29, 0.717) is 35.0 Å². The largest absolute Gasteiger partial charge is 0.472 e. The molecule has 0 saturated heterocycles. The SMILES string of the molecule is C=C(c1ccccc1OC(N)C(O)CC(C)C)n1cnc(C(=O)OCC)c1C. The number of carbonyl (C=O) groups excluding carboxylic acids is 1. The van der Waals surface area contributed by atoms with E-state index in [-0.39, 0.29) is 12.3 Å². The van der Waals surface area contributed by atoms with Crippen molar-refractivity contribution >= 4 is 11.7 Å². The lowest BCUT2D eigenvalue weighted by Gasteiger charge is -2.23. The van der Waals surface area contributed by atoms with Crippen molar-refractivity contribution in [1.29, 1.82) is 0 Å².